The molecule has 27 heavy (non-hydrogen) atoms. The number of aliphatic carboxylic acids is 1. The third kappa shape index (κ3) is 4.43. The van der Waals surface area contributed by atoms with Crippen LogP contribution in [0, 0.1) is 5.92 Å². The molecule has 2 N–H and O–H groups in total. The summed E-state index contributed by atoms with van der Waals surface area (Å²) in [7, 11) is 0. The second-order valence-electron chi connectivity index (χ2n) is 7.39. The first-order valence-corrected chi connectivity index (χ1v) is 9.78. The summed E-state index contributed by atoms with van der Waals surface area (Å²) in [6.07, 6.45) is 3.51. The number of carboxylic acid groups (broad SMARTS) is 1. The molecule has 1 aliphatic rings. The van der Waals surface area contributed by atoms with Gasteiger partial charge in [-0.2, -0.15) is 0 Å². The molecule has 2 aromatic rings. The SMILES string of the molecule is CCCN(C(=O)NC1CCC(C(=O)O)CC1)C(C)c1cc2ccccc2o1. The van der Waals surface area contributed by atoms with E-state index in [1.54, 1.807) is 4.90 Å². The first-order valence-electron chi connectivity index (χ1n) is 9.78. The molecule has 0 radical (unpaired) electrons. The highest BCUT2D eigenvalue weighted by Crippen LogP contribution is 2.29. The number of hydrogen-bond donors (Lipinski definition) is 2. The highest BCUT2D eigenvalue weighted by molar-refractivity contribution is 5.79. The number of para-hydroxylation sites is 1. The van der Waals surface area contributed by atoms with Crippen LogP contribution in [0.25, 0.3) is 11.0 Å². The van der Waals surface area contributed by atoms with E-state index < -0.39 is 5.97 Å². The van der Waals surface area contributed by atoms with Crippen LogP contribution in [-0.2, 0) is 4.79 Å². The van der Waals surface area contributed by atoms with E-state index in [9.17, 15) is 9.59 Å². The van der Waals surface area contributed by atoms with Gasteiger partial charge in [0.25, 0.3) is 0 Å². The standard InChI is InChI=1S/C21H28N2O4/c1-3-12-23(14(2)19-13-16-6-4-5-7-18(16)27-19)21(26)22-17-10-8-15(9-11-17)20(24)25/h4-7,13-15,17H,3,8-12H2,1-2H3,(H,22,26)(H,24,25). The number of nitrogens with zero attached hydrogens (tertiary/aromatic N) is 1. The molecule has 0 saturated heterocycles. The summed E-state index contributed by atoms with van der Waals surface area (Å²) >= 11 is 0. The van der Waals surface area contributed by atoms with Crippen molar-refractivity contribution in [2.45, 2.75) is 58.0 Å². The molecular formula is C21H28N2O4. The molecule has 1 atom stereocenters. The third-order valence-corrected chi connectivity index (χ3v) is 5.45. The Hall–Kier alpha value is -2.50. The lowest BCUT2D eigenvalue weighted by Crippen LogP contribution is -2.47. The number of amides is 2. The van der Waals surface area contributed by atoms with Gasteiger partial charge in [-0.05, 0) is 51.2 Å². The van der Waals surface area contributed by atoms with Crippen LogP contribution >= 0.6 is 0 Å². The fourth-order valence-corrected chi connectivity index (χ4v) is 3.82. The number of carbonyl (C=O) groups excluding carboxylic acids is 1. The number of nitrogens with one attached hydrogen (secondary N) is 1. The number of rotatable bonds is 6. The van der Waals surface area contributed by atoms with E-state index in [0.717, 1.165) is 23.2 Å². The lowest BCUT2D eigenvalue weighted by molar-refractivity contribution is -0.142. The van der Waals surface area contributed by atoms with Crippen LogP contribution in [0.5, 0.6) is 0 Å². The fourth-order valence-electron chi connectivity index (χ4n) is 3.82. The molecule has 3 rings (SSSR count). The molecule has 0 aliphatic heterocycles. The number of fused-ring (bicyclic) bond motifs is 1. The molecular weight excluding hydrogens is 344 g/mol. The minimum absolute atomic E-state index is 0.0373. The summed E-state index contributed by atoms with van der Waals surface area (Å²) in [4.78, 5) is 25.8. The summed E-state index contributed by atoms with van der Waals surface area (Å²) < 4.78 is 5.95. The topological polar surface area (TPSA) is 82.8 Å². The monoisotopic (exact) mass is 372 g/mol. The van der Waals surface area contributed by atoms with Crippen LogP contribution in [0.15, 0.2) is 34.7 Å². The maximum absolute atomic E-state index is 12.9. The third-order valence-electron chi connectivity index (χ3n) is 5.45. The molecule has 0 spiro atoms. The molecule has 1 aromatic heterocycles. The summed E-state index contributed by atoms with van der Waals surface area (Å²) in [6, 6.07) is 9.58. The largest absolute Gasteiger partial charge is 0.481 e. The smallest absolute Gasteiger partial charge is 0.318 e. The molecule has 6 nitrogen and oxygen atoms in total. The van der Waals surface area contributed by atoms with Crippen LogP contribution in [-0.4, -0.2) is 34.6 Å². The molecule has 2 amide bonds. The highest BCUT2D eigenvalue weighted by Gasteiger charge is 2.29. The van der Waals surface area contributed by atoms with Gasteiger partial charge in [-0.25, -0.2) is 4.79 Å². The Balaban J connectivity index is 1.67. The fraction of sp³-hybridized carbons (Fsp3) is 0.524. The second-order valence-corrected chi connectivity index (χ2v) is 7.39. The van der Waals surface area contributed by atoms with Crippen molar-refractivity contribution in [3.05, 3.63) is 36.1 Å². The predicted molar refractivity (Wildman–Crippen MR) is 104 cm³/mol. The Morgan fingerprint density at radius 1 is 1.26 bits per heavy atom. The van der Waals surface area contributed by atoms with Gasteiger partial charge in [0.2, 0.25) is 0 Å². The average Bonchev–Trinajstić information content (AvgIpc) is 3.10. The number of hydrogen-bond acceptors (Lipinski definition) is 3. The zero-order valence-electron chi connectivity index (χ0n) is 16.0. The average molecular weight is 372 g/mol. The molecule has 1 aliphatic carbocycles. The van der Waals surface area contributed by atoms with Crippen molar-refractivity contribution in [2.24, 2.45) is 5.92 Å². The van der Waals surface area contributed by atoms with Crippen LogP contribution < -0.4 is 5.32 Å². The lowest BCUT2D eigenvalue weighted by Gasteiger charge is -2.32. The van der Waals surface area contributed by atoms with Gasteiger partial charge in [0.1, 0.15) is 11.3 Å². The molecule has 1 aromatic carbocycles. The van der Waals surface area contributed by atoms with Crippen LogP contribution in [0.3, 0.4) is 0 Å². The minimum Gasteiger partial charge on any atom is -0.481 e. The predicted octanol–water partition coefficient (Wildman–Crippen LogP) is 4.56. The maximum atomic E-state index is 12.9. The molecule has 1 heterocycles. The van der Waals surface area contributed by atoms with Gasteiger partial charge < -0.3 is 19.7 Å². The van der Waals surface area contributed by atoms with E-state index in [2.05, 4.69) is 5.32 Å². The summed E-state index contributed by atoms with van der Waals surface area (Å²) in [5.74, 6) is -0.236. The van der Waals surface area contributed by atoms with Crippen LogP contribution in [0.2, 0.25) is 0 Å². The number of furan rings is 1. The van der Waals surface area contributed by atoms with Crippen LogP contribution in [0.1, 0.15) is 57.8 Å². The molecule has 146 valence electrons. The lowest BCUT2D eigenvalue weighted by atomic mass is 9.86. The number of carbonyl (C=O) groups is 2. The quantitative estimate of drug-likeness (QED) is 0.779. The van der Waals surface area contributed by atoms with Gasteiger partial charge in [0, 0.05) is 18.0 Å². The Bertz CT molecular complexity index is 759. The second kappa shape index (κ2) is 8.46. The molecule has 0 bridgehead atoms. The maximum Gasteiger partial charge on any atom is 0.318 e. The van der Waals surface area contributed by atoms with Crippen molar-refractivity contribution in [1.82, 2.24) is 10.2 Å². The van der Waals surface area contributed by atoms with Crippen molar-refractivity contribution in [1.29, 1.82) is 0 Å². The summed E-state index contributed by atoms with van der Waals surface area (Å²) in [6.45, 7) is 4.66. The normalized spacial score (nSPS) is 21.0. The van der Waals surface area contributed by atoms with Crippen molar-refractivity contribution < 1.29 is 19.1 Å². The Morgan fingerprint density at radius 2 is 1.96 bits per heavy atom. The van der Waals surface area contributed by atoms with E-state index >= 15 is 0 Å². The van der Waals surface area contributed by atoms with Gasteiger partial charge in [0.05, 0.1) is 12.0 Å². The van der Waals surface area contributed by atoms with Gasteiger partial charge in [-0.1, -0.05) is 25.1 Å². The van der Waals surface area contributed by atoms with Crippen molar-refractivity contribution in [3.8, 4) is 0 Å². The molecule has 1 unspecified atom stereocenters. The number of urea groups is 1. The first kappa shape index (κ1) is 19.3. The van der Waals surface area contributed by atoms with Crippen LogP contribution in [0.4, 0.5) is 4.79 Å². The summed E-state index contributed by atoms with van der Waals surface area (Å²) in [5, 5.41) is 13.2. The first-order chi connectivity index (χ1) is 13.0. The highest BCUT2D eigenvalue weighted by atomic mass is 16.4. The zero-order valence-corrected chi connectivity index (χ0v) is 16.0. The van der Waals surface area contributed by atoms with E-state index in [4.69, 9.17) is 9.52 Å². The van der Waals surface area contributed by atoms with E-state index in [0.29, 0.717) is 32.2 Å². The number of benzene rings is 1. The Morgan fingerprint density at radius 3 is 2.59 bits per heavy atom. The zero-order chi connectivity index (χ0) is 19.4. The minimum atomic E-state index is -0.731. The molecule has 1 saturated carbocycles. The Labute approximate surface area is 159 Å². The summed E-state index contributed by atoms with van der Waals surface area (Å²) in [5.41, 5.74) is 0.822. The molecule has 1 fully saturated rings. The van der Waals surface area contributed by atoms with Gasteiger partial charge in [-0.3, -0.25) is 4.79 Å². The van der Waals surface area contributed by atoms with E-state index in [1.807, 2.05) is 44.2 Å². The van der Waals surface area contributed by atoms with Gasteiger partial charge >= 0.3 is 12.0 Å². The van der Waals surface area contributed by atoms with Crippen molar-refractivity contribution in [2.75, 3.05) is 6.54 Å². The molecule has 6 heteroatoms. The Kier molecular flexibility index (Phi) is 6.04. The van der Waals surface area contributed by atoms with Gasteiger partial charge in [0.15, 0.2) is 0 Å². The van der Waals surface area contributed by atoms with Gasteiger partial charge in [-0.15, -0.1) is 0 Å². The van der Waals surface area contributed by atoms with Crippen molar-refractivity contribution >= 4 is 23.0 Å². The number of carboxylic acids is 1. The van der Waals surface area contributed by atoms with E-state index in [1.165, 1.54) is 0 Å². The van der Waals surface area contributed by atoms with Crippen molar-refractivity contribution in [3.63, 3.8) is 0 Å². The van der Waals surface area contributed by atoms with E-state index in [-0.39, 0.29) is 24.0 Å².